The molecule has 2 aliphatic rings. The van der Waals surface area contributed by atoms with Crippen molar-refractivity contribution < 1.29 is 13.2 Å². The lowest BCUT2D eigenvalue weighted by Gasteiger charge is -2.34. The zero-order chi connectivity index (χ0) is 21.2. The third kappa shape index (κ3) is 4.39. The number of fused-ring (bicyclic) bond motifs is 1. The number of aromatic nitrogens is 2. The maximum absolute atomic E-state index is 12.9. The van der Waals surface area contributed by atoms with Crippen LogP contribution in [0, 0.1) is 0 Å². The Hall–Kier alpha value is -1.78. The summed E-state index contributed by atoms with van der Waals surface area (Å²) in [6.07, 6.45) is 2.28. The maximum atomic E-state index is 12.9. The molecule has 162 valence electrons. The minimum Gasteiger partial charge on any atom is -0.373 e. The number of hydrogen-bond acceptors (Lipinski definition) is 6. The maximum Gasteiger partial charge on any atom is 0.282 e. The molecule has 3 heterocycles. The molecule has 9 nitrogen and oxygen atoms in total. The fourth-order valence-corrected chi connectivity index (χ4v) is 5.75. The second-order valence-electron chi connectivity index (χ2n) is 7.56. The summed E-state index contributed by atoms with van der Waals surface area (Å²) in [4.78, 5) is 23.0. The van der Waals surface area contributed by atoms with Gasteiger partial charge in [-0.3, -0.25) is 4.79 Å². The van der Waals surface area contributed by atoms with Crippen molar-refractivity contribution in [3.63, 3.8) is 0 Å². The zero-order valence-electron chi connectivity index (χ0n) is 17.8. The van der Waals surface area contributed by atoms with Crippen molar-refractivity contribution in [1.82, 2.24) is 23.5 Å². The minimum atomic E-state index is -3.49. The van der Waals surface area contributed by atoms with Crippen molar-refractivity contribution >= 4 is 21.9 Å². The van der Waals surface area contributed by atoms with Gasteiger partial charge in [0.05, 0.1) is 5.69 Å². The first kappa shape index (κ1) is 21.9. The summed E-state index contributed by atoms with van der Waals surface area (Å²) in [6.45, 7) is 8.38. The van der Waals surface area contributed by atoms with Crippen LogP contribution in [0.15, 0.2) is 0 Å². The van der Waals surface area contributed by atoms with Crippen LogP contribution in [0.4, 0.5) is 5.82 Å². The molecule has 0 radical (unpaired) electrons. The Labute approximate surface area is 173 Å². The first-order valence-corrected chi connectivity index (χ1v) is 11.8. The second kappa shape index (κ2) is 8.93. The molecule has 0 atom stereocenters. The van der Waals surface area contributed by atoms with E-state index in [1.54, 1.807) is 6.92 Å². The van der Waals surface area contributed by atoms with Gasteiger partial charge in [0.1, 0.15) is 11.6 Å². The molecule has 3 rings (SSSR count). The van der Waals surface area contributed by atoms with Crippen molar-refractivity contribution in [2.45, 2.75) is 52.5 Å². The highest BCUT2D eigenvalue weighted by Gasteiger charge is 2.34. The van der Waals surface area contributed by atoms with E-state index in [0.717, 1.165) is 43.0 Å². The van der Waals surface area contributed by atoms with Gasteiger partial charge < -0.3 is 10.2 Å². The van der Waals surface area contributed by atoms with Crippen molar-refractivity contribution in [2.24, 2.45) is 0 Å². The highest BCUT2D eigenvalue weighted by atomic mass is 32.2. The SMILES string of the molecule is CCN(CC)S(=O)(=O)N1CCc2nc(C3CCN(C(C)=O)CC3)nc(NC)c2C1. The Morgan fingerprint density at radius 3 is 2.38 bits per heavy atom. The van der Waals surface area contributed by atoms with Gasteiger partial charge in [-0.05, 0) is 12.8 Å². The predicted octanol–water partition coefficient (Wildman–Crippen LogP) is 1.19. The summed E-state index contributed by atoms with van der Waals surface area (Å²) in [7, 11) is -1.68. The number of rotatable bonds is 6. The molecule has 1 N–H and O–H groups in total. The molecule has 0 aliphatic carbocycles. The standard InChI is InChI=1S/C19H32N6O3S/c1-5-24(6-2)29(27,28)25-12-9-17-16(13-25)19(20-4)22-18(21-17)15-7-10-23(11-8-15)14(3)26/h15H,5-13H2,1-4H3,(H,20,21,22). The molecule has 0 bridgehead atoms. The number of anilines is 1. The summed E-state index contributed by atoms with van der Waals surface area (Å²) in [5.74, 6) is 1.84. The minimum absolute atomic E-state index is 0.111. The monoisotopic (exact) mass is 424 g/mol. The van der Waals surface area contributed by atoms with E-state index in [4.69, 9.17) is 9.97 Å². The topological polar surface area (TPSA) is 98.7 Å². The van der Waals surface area contributed by atoms with Gasteiger partial charge in [0, 0.05) is 71.1 Å². The lowest BCUT2D eigenvalue weighted by molar-refractivity contribution is -0.129. The Morgan fingerprint density at radius 1 is 1.17 bits per heavy atom. The molecule has 2 aliphatic heterocycles. The summed E-state index contributed by atoms with van der Waals surface area (Å²) in [5.41, 5.74) is 1.79. The normalized spacial score (nSPS) is 18.7. The Bertz CT molecular complexity index is 830. The quantitative estimate of drug-likeness (QED) is 0.737. The van der Waals surface area contributed by atoms with Crippen LogP contribution in [0.5, 0.6) is 0 Å². The van der Waals surface area contributed by atoms with Crippen molar-refractivity contribution in [3.8, 4) is 0 Å². The smallest absolute Gasteiger partial charge is 0.282 e. The number of hydrogen-bond donors (Lipinski definition) is 1. The van der Waals surface area contributed by atoms with E-state index in [2.05, 4.69) is 5.32 Å². The van der Waals surface area contributed by atoms with Crippen LogP contribution in [-0.2, 0) is 28.0 Å². The number of nitrogens with zero attached hydrogens (tertiary/aromatic N) is 5. The summed E-state index contributed by atoms with van der Waals surface area (Å²) in [5, 5.41) is 3.14. The van der Waals surface area contributed by atoms with E-state index in [0.29, 0.717) is 31.9 Å². The molecule has 1 saturated heterocycles. The lowest BCUT2D eigenvalue weighted by atomic mass is 9.95. The molecule has 1 amide bonds. The number of amides is 1. The van der Waals surface area contributed by atoms with Gasteiger partial charge in [-0.1, -0.05) is 13.8 Å². The molecule has 0 saturated carbocycles. The van der Waals surface area contributed by atoms with Crippen LogP contribution in [0.1, 0.15) is 56.6 Å². The molecule has 0 unspecified atom stereocenters. The van der Waals surface area contributed by atoms with Crippen LogP contribution in [0.2, 0.25) is 0 Å². The molecular formula is C19H32N6O3S. The van der Waals surface area contributed by atoms with Gasteiger partial charge in [-0.25, -0.2) is 9.97 Å². The van der Waals surface area contributed by atoms with E-state index in [1.165, 1.54) is 8.61 Å². The lowest BCUT2D eigenvalue weighted by Crippen LogP contribution is -2.46. The van der Waals surface area contributed by atoms with Crippen LogP contribution in [-0.4, -0.2) is 77.6 Å². The van der Waals surface area contributed by atoms with Crippen LogP contribution >= 0.6 is 0 Å². The van der Waals surface area contributed by atoms with Gasteiger partial charge in [-0.2, -0.15) is 17.0 Å². The van der Waals surface area contributed by atoms with Crippen LogP contribution < -0.4 is 5.32 Å². The van der Waals surface area contributed by atoms with Gasteiger partial charge >= 0.3 is 0 Å². The Kier molecular flexibility index (Phi) is 6.75. The molecule has 1 aromatic heterocycles. The number of carbonyl (C=O) groups is 1. The molecule has 10 heteroatoms. The Balaban J connectivity index is 1.83. The fraction of sp³-hybridized carbons (Fsp3) is 0.737. The molecule has 0 spiro atoms. The van der Waals surface area contributed by atoms with Gasteiger partial charge in [0.15, 0.2) is 0 Å². The average molecular weight is 425 g/mol. The summed E-state index contributed by atoms with van der Waals surface area (Å²) >= 11 is 0. The van der Waals surface area contributed by atoms with Crippen molar-refractivity contribution in [3.05, 3.63) is 17.1 Å². The van der Waals surface area contributed by atoms with Crippen molar-refractivity contribution in [2.75, 3.05) is 45.1 Å². The van der Waals surface area contributed by atoms with E-state index in [-0.39, 0.29) is 18.4 Å². The van der Waals surface area contributed by atoms with E-state index in [1.807, 2.05) is 25.8 Å². The molecular weight excluding hydrogens is 392 g/mol. The molecule has 1 fully saturated rings. The van der Waals surface area contributed by atoms with E-state index >= 15 is 0 Å². The van der Waals surface area contributed by atoms with Crippen LogP contribution in [0.3, 0.4) is 0 Å². The highest BCUT2D eigenvalue weighted by Crippen LogP contribution is 2.31. The number of carbonyl (C=O) groups excluding carboxylic acids is 1. The fourth-order valence-electron chi connectivity index (χ4n) is 4.16. The number of likely N-dealkylation sites (tertiary alicyclic amines) is 1. The largest absolute Gasteiger partial charge is 0.373 e. The van der Waals surface area contributed by atoms with Gasteiger partial charge in [-0.15, -0.1) is 0 Å². The molecule has 1 aromatic rings. The first-order chi connectivity index (χ1) is 13.8. The van der Waals surface area contributed by atoms with E-state index in [9.17, 15) is 13.2 Å². The van der Waals surface area contributed by atoms with Gasteiger partial charge in [0.25, 0.3) is 10.2 Å². The third-order valence-electron chi connectivity index (χ3n) is 5.94. The zero-order valence-corrected chi connectivity index (χ0v) is 18.6. The number of piperidine rings is 1. The average Bonchev–Trinajstić information content (AvgIpc) is 2.73. The molecule has 29 heavy (non-hydrogen) atoms. The first-order valence-electron chi connectivity index (χ1n) is 10.4. The summed E-state index contributed by atoms with van der Waals surface area (Å²) in [6, 6.07) is 0. The number of nitrogens with one attached hydrogen (secondary N) is 1. The van der Waals surface area contributed by atoms with E-state index < -0.39 is 10.2 Å². The molecule has 0 aromatic carbocycles. The Morgan fingerprint density at radius 2 is 1.83 bits per heavy atom. The highest BCUT2D eigenvalue weighted by molar-refractivity contribution is 7.86. The van der Waals surface area contributed by atoms with Crippen molar-refractivity contribution in [1.29, 1.82) is 0 Å². The summed E-state index contributed by atoms with van der Waals surface area (Å²) < 4.78 is 28.8. The van der Waals surface area contributed by atoms with Gasteiger partial charge in [0.2, 0.25) is 5.91 Å². The van der Waals surface area contributed by atoms with Crippen LogP contribution in [0.25, 0.3) is 0 Å². The third-order valence-corrected chi connectivity index (χ3v) is 8.08. The predicted molar refractivity (Wildman–Crippen MR) is 112 cm³/mol. The second-order valence-corrected chi connectivity index (χ2v) is 9.49.